The molecule has 1 aromatic carbocycles. The van der Waals surface area contributed by atoms with E-state index in [0.29, 0.717) is 11.6 Å². The van der Waals surface area contributed by atoms with Crippen molar-refractivity contribution in [3.05, 3.63) is 27.7 Å². The molecule has 1 fully saturated rings. The maximum absolute atomic E-state index is 11.9. The first kappa shape index (κ1) is 13.8. The van der Waals surface area contributed by atoms with Gasteiger partial charge in [0.25, 0.3) is 0 Å². The quantitative estimate of drug-likeness (QED) is 0.889. The number of amides is 1. The van der Waals surface area contributed by atoms with Crippen LogP contribution in [0.15, 0.2) is 22.7 Å². The average Bonchev–Trinajstić information content (AvgIpc) is 2.34. The van der Waals surface area contributed by atoms with E-state index < -0.39 is 0 Å². The smallest absolute Gasteiger partial charge is 0.238 e. The molecule has 1 amide bonds. The fourth-order valence-electron chi connectivity index (χ4n) is 1.85. The topological polar surface area (TPSA) is 44.4 Å². The molecule has 0 atom stereocenters. The summed E-state index contributed by atoms with van der Waals surface area (Å²) in [6.07, 6.45) is 0. The molecule has 0 saturated carbocycles. The van der Waals surface area contributed by atoms with Crippen LogP contribution in [0.1, 0.15) is 0 Å². The largest absolute Gasteiger partial charge is 0.324 e. The summed E-state index contributed by atoms with van der Waals surface area (Å²) in [4.78, 5) is 14.0. The highest BCUT2D eigenvalue weighted by Gasteiger charge is 2.14. The Bertz CT molecular complexity index is 435. The highest BCUT2D eigenvalue weighted by Crippen LogP contribution is 2.25. The van der Waals surface area contributed by atoms with Gasteiger partial charge in [-0.3, -0.25) is 9.69 Å². The predicted molar refractivity (Wildman–Crippen MR) is 77.1 cm³/mol. The van der Waals surface area contributed by atoms with Crippen molar-refractivity contribution in [3.8, 4) is 0 Å². The minimum atomic E-state index is -0.0000718. The Morgan fingerprint density at radius 3 is 2.83 bits per heavy atom. The molecule has 1 aliphatic heterocycles. The Balaban J connectivity index is 1.90. The van der Waals surface area contributed by atoms with Gasteiger partial charge in [0.1, 0.15) is 0 Å². The molecule has 0 aliphatic carbocycles. The Morgan fingerprint density at radius 1 is 1.44 bits per heavy atom. The number of anilines is 1. The molecule has 2 rings (SSSR count). The maximum atomic E-state index is 11.9. The van der Waals surface area contributed by atoms with Crippen LogP contribution in [-0.2, 0) is 4.79 Å². The van der Waals surface area contributed by atoms with Gasteiger partial charge in [0.2, 0.25) is 5.91 Å². The zero-order valence-corrected chi connectivity index (χ0v) is 12.2. The molecule has 1 saturated heterocycles. The highest BCUT2D eigenvalue weighted by molar-refractivity contribution is 9.10. The molecule has 98 valence electrons. The van der Waals surface area contributed by atoms with E-state index in [1.165, 1.54) is 0 Å². The summed E-state index contributed by atoms with van der Waals surface area (Å²) in [5.74, 6) is -0.0000718. The molecule has 0 aromatic heterocycles. The molecular formula is C12H15BrClN3O. The number of carbonyl (C=O) groups excluding carboxylic acids is 1. The van der Waals surface area contributed by atoms with Crippen molar-refractivity contribution >= 4 is 39.1 Å². The van der Waals surface area contributed by atoms with Gasteiger partial charge < -0.3 is 10.6 Å². The number of piperazine rings is 1. The second-order valence-corrected chi connectivity index (χ2v) is 5.49. The number of rotatable bonds is 3. The zero-order valence-electron chi connectivity index (χ0n) is 9.88. The lowest BCUT2D eigenvalue weighted by atomic mass is 10.3. The number of halogens is 2. The molecule has 18 heavy (non-hydrogen) atoms. The van der Waals surface area contributed by atoms with Gasteiger partial charge in [0.15, 0.2) is 0 Å². The summed E-state index contributed by atoms with van der Waals surface area (Å²) < 4.78 is 0.795. The van der Waals surface area contributed by atoms with Gasteiger partial charge in [-0.1, -0.05) is 11.6 Å². The van der Waals surface area contributed by atoms with Crippen molar-refractivity contribution in [2.45, 2.75) is 0 Å². The molecule has 0 spiro atoms. The molecule has 2 N–H and O–H groups in total. The van der Waals surface area contributed by atoms with E-state index in [-0.39, 0.29) is 5.91 Å². The first-order chi connectivity index (χ1) is 8.65. The van der Waals surface area contributed by atoms with E-state index in [4.69, 9.17) is 11.6 Å². The van der Waals surface area contributed by atoms with Crippen molar-refractivity contribution < 1.29 is 4.79 Å². The van der Waals surface area contributed by atoms with Crippen molar-refractivity contribution in [3.63, 3.8) is 0 Å². The molecular weight excluding hydrogens is 318 g/mol. The Morgan fingerprint density at radius 2 is 2.17 bits per heavy atom. The molecule has 1 aliphatic rings. The lowest BCUT2D eigenvalue weighted by Crippen LogP contribution is -2.46. The van der Waals surface area contributed by atoms with E-state index >= 15 is 0 Å². The SMILES string of the molecule is O=C(CN1CCNCC1)Nc1ccc(Cl)cc1Br. The van der Waals surface area contributed by atoms with Crippen LogP contribution in [0.3, 0.4) is 0 Å². The van der Waals surface area contributed by atoms with Crippen molar-refractivity contribution in [2.24, 2.45) is 0 Å². The Kier molecular flexibility index (Phi) is 5.00. The molecule has 0 unspecified atom stereocenters. The summed E-state index contributed by atoms with van der Waals surface area (Å²) in [7, 11) is 0. The number of carbonyl (C=O) groups is 1. The number of nitrogens with zero attached hydrogens (tertiary/aromatic N) is 1. The van der Waals surface area contributed by atoms with E-state index in [9.17, 15) is 4.79 Å². The second kappa shape index (κ2) is 6.52. The van der Waals surface area contributed by atoms with Gasteiger partial charge in [-0.25, -0.2) is 0 Å². The van der Waals surface area contributed by atoms with E-state index in [2.05, 4.69) is 31.5 Å². The van der Waals surface area contributed by atoms with Gasteiger partial charge >= 0.3 is 0 Å². The molecule has 4 nitrogen and oxygen atoms in total. The Hall–Kier alpha value is -0.620. The summed E-state index contributed by atoms with van der Waals surface area (Å²) in [5.41, 5.74) is 0.750. The molecule has 1 aromatic rings. The fraction of sp³-hybridized carbons (Fsp3) is 0.417. The maximum Gasteiger partial charge on any atom is 0.238 e. The average molecular weight is 333 g/mol. The van der Waals surface area contributed by atoms with Crippen molar-refractivity contribution in [1.29, 1.82) is 0 Å². The Labute approximate surface area is 120 Å². The molecule has 0 bridgehead atoms. The van der Waals surface area contributed by atoms with Crippen molar-refractivity contribution in [2.75, 3.05) is 38.0 Å². The van der Waals surface area contributed by atoms with E-state index in [1.54, 1.807) is 18.2 Å². The van der Waals surface area contributed by atoms with Gasteiger partial charge in [-0.05, 0) is 34.1 Å². The van der Waals surface area contributed by atoms with Gasteiger partial charge in [-0.15, -0.1) is 0 Å². The van der Waals surface area contributed by atoms with E-state index in [1.807, 2.05) is 0 Å². The highest BCUT2D eigenvalue weighted by atomic mass is 79.9. The monoisotopic (exact) mass is 331 g/mol. The predicted octanol–water partition coefficient (Wildman–Crippen LogP) is 1.95. The minimum Gasteiger partial charge on any atom is -0.324 e. The van der Waals surface area contributed by atoms with Crippen LogP contribution in [0.2, 0.25) is 5.02 Å². The number of hydrogen-bond acceptors (Lipinski definition) is 3. The van der Waals surface area contributed by atoms with Gasteiger partial charge in [0.05, 0.1) is 12.2 Å². The molecule has 6 heteroatoms. The number of hydrogen-bond donors (Lipinski definition) is 2. The third-order valence-corrected chi connectivity index (χ3v) is 3.67. The van der Waals surface area contributed by atoms with Gasteiger partial charge in [-0.2, -0.15) is 0 Å². The van der Waals surface area contributed by atoms with Crippen LogP contribution in [0.5, 0.6) is 0 Å². The lowest BCUT2D eigenvalue weighted by molar-refractivity contribution is -0.117. The third-order valence-electron chi connectivity index (χ3n) is 2.78. The number of benzene rings is 1. The zero-order chi connectivity index (χ0) is 13.0. The standard InChI is InChI=1S/C12H15BrClN3O/c13-10-7-9(14)1-2-11(10)16-12(18)8-17-5-3-15-4-6-17/h1-2,7,15H,3-6,8H2,(H,16,18). The second-order valence-electron chi connectivity index (χ2n) is 4.20. The number of nitrogens with one attached hydrogen (secondary N) is 2. The lowest BCUT2D eigenvalue weighted by Gasteiger charge is -2.26. The normalized spacial score (nSPS) is 16.6. The van der Waals surface area contributed by atoms with Crippen LogP contribution < -0.4 is 10.6 Å². The van der Waals surface area contributed by atoms with Crippen LogP contribution in [-0.4, -0.2) is 43.5 Å². The summed E-state index contributed by atoms with van der Waals surface area (Å²) in [6, 6.07) is 5.32. The van der Waals surface area contributed by atoms with E-state index in [0.717, 1.165) is 36.3 Å². The minimum absolute atomic E-state index is 0.0000718. The van der Waals surface area contributed by atoms with Crippen LogP contribution in [0.25, 0.3) is 0 Å². The van der Waals surface area contributed by atoms with Crippen LogP contribution in [0.4, 0.5) is 5.69 Å². The van der Waals surface area contributed by atoms with Crippen molar-refractivity contribution in [1.82, 2.24) is 10.2 Å². The van der Waals surface area contributed by atoms with Crippen LogP contribution in [0, 0.1) is 0 Å². The fourth-order valence-corrected chi connectivity index (χ4v) is 2.63. The summed E-state index contributed by atoms with van der Waals surface area (Å²) in [5, 5.41) is 6.78. The first-order valence-electron chi connectivity index (χ1n) is 5.83. The van der Waals surface area contributed by atoms with Gasteiger partial charge in [0, 0.05) is 35.7 Å². The summed E-state index contributed by atoms with van der Waals surface area (Å²) >= 11 is 9.23. The molecule has 0 radical (unpaired) electrons. The summed E-state index contributed by atoms with van der Waals surface area (Å²) in [6.45, 7) is 4.14. The molecule has 1 heterocycles. The van der Waals surface area contributed by atoms with Crippen LogP contribution >= 0.6 is 27.5 Å². The third kappa shape index (κ3) is 3.95. The first-order valence-corrected chi connectivity index (χ1v) is 7.00.